The quantitative estimate of drug-likeness (QED) is 0.398. The average molecular weight is 507 g/mol. The van der Waals surface area contributed by atoms with Crippen LogP contribution in [0, 0.1) is 0 Å². The lowest BCUT2D eigenvalue weighted by atomic mass is 9.80. The monoisotopic (exact) mass is 505 g/mol. The number of amides is 4. The first-order valence-corrected chi connectivity index (χ1v) is 11.5. The molecule has 0 unspecified atom stereocenters. The minimum absolute atomic E-state index is 0.0302. The zero-order valence-corrected chi connectivity index (χ0v) is 20.8. The number of barbiturate groups is 1. The molecule has 0 saturated carbocycles. The molecule has 1 atom stereocenters. The number of benzene rings is 2. The van der Waals surface area contributed by atoms with Crippen molar-refractivity contribution in [1.29, 1.82) is 0 Å². The zero-order chi connectivity index (χ0) is 24.2. The summed E-state index contributed by atoms with van der Waals surface area (Å²) in [5, 5.41) is 2.79. The Balaban J connectivity index is 1.79. The Hall–Kier alpha value is -2.54. The summed E-state index contributed by atoms with van der Waals surface area (Å²) >= 11 is 18.9. The Morgan fingerprint density at radius 2 is 1.76 bits per heavy atom. The Labute approximate surface area is 207 Å². The number of carbonyl (C=O) groups is 3. The van der Waals surface area contributed by atoms with E-state index in [1.54, 1.807) is 6.07 Å². The highest BCUT2D eigenvalue weighted by Crippen LogP contribution is 2.44. The highest BCUT2D eigenvalue weighted by molar-refractivity contribution is 6.46. The first-order valence-electron chi connectivity index (χ1n) is 10.3. The number of rotatable bonds is 2. The van der Waals surface area contributed by atoms with Gasteiger partial charge in [0.05, 0.1) is 15.7 Å². The van der Waals surface area contributed by atoms with Gasteiger partial charge in [-0.2, -0.15) is 0 Å². The largest absolute Gasteiger partial charge is 0.369 e. The van der Waals surface area contributed by atoms with E-state index in [1.807, 2.05) is 19.2 Å². The van der Waals surface area contributed by atoms with Crippen LogP contribution in [0.25, 0.3) is 6.08 Å². The number of nitrogens with zero attached hydrogens (tertiary/aromatic N) is 2. The molecule has 2 aliphatic heterocycles. The van der Waals surface area contributed by atoms with E-state index < -0.39 is 17.8 Å². The molecule has 2 aromatic rings. The Morgan fingerprint density at radius 1 is 1.06 bits per heavy atom. The Morgan fingerprint density at radius 3 is 2.45 bits per heavy atom. The number of imide groups is 2. The first kappa shape index (κ1) is 23.6. The molecular weight excluding hydrogens is 485 g/mol. The van der Waals surface area contributed by atoms with Crippen LogP contribution < -0.4 is 15.1 Å². The molecule has 2 aliphatic rings. The molecule has 4 rings (SSSR count). The SMILES string of the molecule is C[C@@H]1CC(C)(C)N(C)c2cc(Cl)c(/C=C3\C(=O)NC(=O)N(c4cccc(Cl)c4Cl)C3=O)cc21. The molecule has 0 aromatic heterocycles. The predicted molar refractivity (Wildman–Crippen MR) is 132 cm³/mol. The summed E-state index contributed by atoms with van der Waals surface area (Å²) in [6, 6.07) is 7.42. The third-order valence-corrected chi connectivity index (χ3v) is 7.46. The first-order chi connectivity index (χ1) is 15.4. The Bertz CT molecular complexity index is 1240. The van der Waals surface area contributed by atoms with Crippen LogP contribution in [0.5, 0.6) is 0 Å². The predicted octanol–water partition coefficient (Wildman–Crippen LogP) is 6.04. The van der Waals surface area contributed by atoms with Crippen LogP contribution in [0.3, 0.4) is 0 Å². The number of halogens is 3. The van der Waals surface area contributed by atoms with E-state index in [4.69, 9.17) is 34.8 Å². The molecule has 2 aromatic carbocycles. The Kier molecular flexibility index (Phi) is 5.97. The molecule has 172 valence electrons. The third kappa shape index (κ3) is 4.01. The topological polar surface area (TPSA) is 69.7 Å². The van der Waals surface area contributed by atoms with E-state index in [9.17, 15) is 14.4 Å². The van der Waals surface area contributed by atoms with Crippen molar-refractivity contribution in [3.8, 4) is 0 Å². The maximum atomic E-state index is 13.2. The van der Waals surface area contributed by atoms with Gasteiger partial charge in [-0.1, -0.05) is 47.8 Å². The highest BCUT2D eigenvalue weighted by Gasteiger charge is 2.39. The molecule has 0 bridgehead atoms. The minimum Gasteiger partial charge on any atom is -0.369 e. The van der Waals surface area contributed by atoms with Crippen LogP contribution in [-0.2, 0) is 9.59 Å². The molecular formula is C24H22Cl3N3O3. The lowest BCUT2D eigenvalue weighted by Gasteiger charge is -2.45. The van der Waals surface area contributed by atoms with Crippen LogP contribution in [0.1, 0.15) is 44.2 Å². The van der Waals surface area contributed by atoms with Crippen molar-refractivity contribution in [3.05, 3.63) is 62.1 Å². The number of hydrogen-bond donors (Lipinski definition) is 1. The van der Waals surface area contributed by atoms with Crippen molar-refractivity contribution in [2.75, 3.05) is 16.8 Å². The van der Waals surface area contributed by atoms with E-state index in [0.29, 0.717) is 10.6 Å². The lowest BCUT2D eigenvalue weighted by Crippen LogP contribution is -2.54. The number of fused-ring (bicyclic) bond motifs is 1. The second-order valence-electron chi connectivity index (χ2n) is 8.94. The van der Waals surface area contributed by atoms with Gasteiger partial charge in [0.2, 0.25) is 0 Å². The molecule has 0 spiro atoms. The molecule has 1 fully saturated rings. The van der Waals surface area contributed by atoms with Gasteiger partial charge in [-0.05, 0) is 67.7 Å². The van der Waals surface area contributed by atoms with Gasteiger partial charge in [-0.25, -0.2) is 9.69 Å². The minimum atomic E-state index is -0.902. The molecule has 1 N–H and O–H groups in total. The van der Waals surface area contributed by atoms with E-state index in [1.165, 1.54) is 18.2 Å². The van der Waals surface area contributed by atoms with Crippen LogP contribution in [0.15, 0.2) is 35.9 Å². The second-order valence-corrected chi connectivity index (χ2v) is 10.1. The molecule has 6 nitrogen and oxygen atoms in total. The summed E-state index contributed by atoms with van der Waals surface area (Å²) in [5.74, 6) is -1.37. The van der Waals surface area contributed by atoms with Gasteiger partial charge in [-0.15, -0.1) is 0 Å². The van der Waals surface area contributed by atoms with Crippen molar-refractivity contribution in [3.63, 3.8) is 0 Å². The summed E-state index contributed by atoms with van der Waals surface area (Å²) in [6.07, 6.45) is 2.34. The standard InChI is InChI=1S/C24H22Cl3N3O3/c1-12-11-24(2,3)29(4)19-10-17(26)13(8-14(12)19)9-15-21(31)28-23(33)30(22(15)32)18-7-5-6-16(25)20(18)27/h5-10,12H,11H2,1-4H3,(H,28,31,33)/b15-9+/t12-/m1/s1. The molecule has 1 saturated heterocycles. The second kappa shape index (κ2) is 8.35. The highest BCUT2D eigenvalue weighted by atomic mass is 35.5. The van der Waals surface area contributed by atoms with E-state index >= 15 is 0 Å². The fraction of sp³-hybridized carbons (Fsp3) is 0.292. The smallest absolute Gasteiger partial charge is 0.336 e. The number of nitrogens with one attached hydrogen (secondary N) is 1. The van der Waals surface area contributed by atoms with E-state index in [-0.39, 0.29) is 32.8 Å². The molecule has 9 heteroatoms. The third-order valence-electron chi connectivity index (χ3n) is 6.33. The number of carbonyl (C=O) groups excluding carboxylic acids is 3. The van der Waals surface area contributed by atoms with Gasteiger partial charge >= 0.3 is 6.03 Å². The van der Waals surface area contributed by atoms with Crippen LogP contribution >= 0.6 is 34.8 Å². The van der Waals surface area contributed by atoms with Crippen LogP contribution in [0.2, 0.25) is 15.1 Å². The molecule has 0 radical (unpaired) electrons. The van der Waals surface area contributed by atoms with Crippen LogP contribution in [-0.4, -0.2) is 30.4 Å². The molecule has 0 aliphatic carbocycles. The van der Waals surface area contributed by atoms with Gasteiger partial charge in [-0.3, -0.25) is 14.9 Å². The lowest BCUT2D eigenvalue weighted by molar-refractivity contribution is -0.122. The average Bonchev–Trinajstić information content (AvgIpc) is 2.72. The summed E-state index contributed by atoms with van der Waals surface area (Å²) in [6.45, 7) is 6.49. The van der Waals surface area contributed by atoms with E-state index in [0.717, 1.165) is 22.6 Å². The summed E-state index contributed by atoms with van der Waals surface area (Å²) in [4.78, 5) is 41.3. The molecule has 33 heavy (non-hydrogen) atoms. The maximum absolute atomic E-state index is 13.2. The fourth-order valence-corrected chi connectivity index (χ4v) is 5.00. The van der Waals surface area contributed by atoms with Crippen molar-refractivity contribution in [1.82, 2.24) is 5.32 Å². The summed E-state index contributed by atoms with van der Waals surface area (Å²) < 4.78 is 0. The van der Waals surface area contributed by atoms with E-state index in [2.05, 4.69) is 31.0 Å². The summed E-state index contributed by atoms with van der Waals surface area (Å²) in [5.41, 5.74) is 2.41. The summed E-state index contributed by atoms with van der Waals surface area (Å²) in [7, 11) is 2.02. The maximum Gasteiger partial charge on any atom is 0.336 e. The van der Waals surface area contributed by atoms with Gasteiger partial charge in [0.25, 0.3) is 11.8 Å². The van der Waals surface area contributed by atoms with Gasteiger partial charge in [0.15, 0.2) is 0 Å². The normalized spacial score (nSPS) is 21.4. The van der Waals surface area contributed by atoms with Gasteiger partial charge in [0.1, 0.15) is 5.57 Å². The molecule has 4 amide bonds. The van der Waals surface area contributed by atoms with Crippen molar-refractivity contribution >= 4 is 70.1 Å². The zero-order valence-electron chi connectivity index (χ0n) is 18.5. The van der Waals surface area contributed by atoms with Crippen molar-refractivity contribution < 1.29 is 14.4 Å². The van der Waals surface area contributed by atoms with Gasteiger partial charge in [0, 0.05) is 23.3 Å². The van der Waals surface area contributed by atoms with Crippen LogP contribution in [0.4, 0.5) is 16.2 Å². The van der Waals surface area contributed by atoms with Crippen molar-refractivity contribution in [2.24, 2.45) is 0 Å². The number of anilines is 2. The number of hydrogen-bond acceptors (Lipinski definition) is 4. The number of urea groups is 1. The van der Waals surface area contributed by atoms with Crippen molar-refractivity contribution in [2.45, 2.75) is 38.6 Å². The van der Waals surface area contributed by atoms with Gasteiger partial charge < -0.3 is 4.90 Å². The molecule has 2 heterocycles. The fourth-order valence-electron chi connectivity index (χ4n) is 4.41.